The SMILES string of the molecule is CN1CC(C(=O)O)CC(c2ccc(OC(F)(F)F)c(F)c2)C1. The molecule has 0 bridgehead atoms. The van der Waals surface area contributed by atoms with Crippen LogP contribution in [0.1, 0.15) is 17.9 Å². The van der Waals surface area contributed by atoms with Gasteiger partial charge >= 0.3 is 12.3 Å². The lowest BCUT2D eigenvalue weighted by molar-refractivity contribution is -0.275. The average molecular weight is 321 g/mol. The highest BCUT2D eigenvalue weighted by molar-refractivity contribution is 5.70. The predicted octanol–water partition coefficient (Wildman–Crippen LogP) is 2.84. The number of hydrogen-bond donors (Lipinski definition) is 1. The number of halogens is 4. The van der Waals surface area contributed by atoms with Crippen molar-refractivity contribution in [2.45, 2.75) is 18.7 Å². The van der Waals surface area contributed by atoms with Gasteiger partial charge in [-0.25, -0.2) is 4.39 Å². The lowest BCUT2D eigenvalue weighted by Crippen LogP contribution is -2.40. The second-order valence-corrected chi connectivity index (χ2v) is 5.43. The van der Waals surface area contributed by atoms with Crippen LogP contribution >= 0.6 is 0 Å². The first-order valence-corrected chi connectivity index (χ1v) is 6.62. The Morgan fingerprint density at radius 2 is 2.05 bits per heavy atom. The average Bonchev–Trinajstić information content (AvgIpc) is 2.39. The van der Waals surface area contributed by atoms with Gasteiger partial charge in [0.2, 0.25) is 0 Å². The topological polar surface area (TPSA) is 49.8 Å². The number of hydrogen-bond acceptors (Lipinski definition) is 3. The van der Waals surface area contributed by atoms with E-state index in [9.17, 15) is 22.4 Å². The van der Waals surface area contributed by atoms with Gasteiger partial charge in [-0.3, -0.25) is 4.79 Å². The molecule has 0 aromatic heterocycles. The normalized spacial score (nSPS) is 23.3. The number of carboxylic acid groups (broad SMARTS) is 1. The highest BCUT2D eigenvalue weighted by Gasteiger charge is 2.34. The minimum atomic E-state index is -4.96. The fourth-order valence-corrected chi connectivity index (χ4v) is 2.72. The van der Waals surface area contributed by atoms with E-state index in [0.29, 0.717) is 25.1 Å². The fourth-order valence-electron chi connectivity index (χ4n) is 2.72. The Hall–Kier alpha value is -1.83. The second-order valence-electron chi connectivity index (χ2n) is 5.43. The molecule has 1 aromatic rings. The van der Waals surface area contributed by atoms with Crippen LogP contribution in [0.15, 0.2) is 18.2 Å². The molecule has 1 saturated heterocycles. The van der Waals surface area contributed by atoms with E-state index in [1.54, 1.807) is 7.05 Å². The van der Waals surface area contributed by atoms with Crippen molar-refractivity contribution in [3.05, 3.63) is 29.6 Å². The van der Waals surface area contributed by atoms with Crippen LogP contribution in [0.4, 0.5) is 17.6 Å². The van der Waals surface area contributed by atoms with Gasteiger partial charge in [-0.05, 0) is 37.1 Å². The van der Waals surface area contributed by atoms with Crippen molar-refractivity contribution < 1.29 is 32.2 Å². The Labute approximate surface area is 124 Å². The van der Waals surface area contributed by atoms with Crippen molar-refractivity contribution in [2.24, 2.45) is 5.92 Å². The Balaban J connectivity index is 2.18. The molecule has 4 nitrogen and oxygen atoms in total. The number of ether oxygens (including phenoxy) is 1. The lowest BCUT2D eigenvalue weighted by atomic mass is 9.84. The zero-order valence-corrected chi connectivity index (χ0v) is 11.7. The number of benzene rings is 1. The maximum atomic E-state index is 13.7. The summed E-state index contributed by atoms with van der Waals surface area (Å²) in [6.07, 6.45) is -4.64. The third-order valence-electron chi connectivity index (χ3n) is 3.64. The van der Waals surface area contributed by atoms with Crippen LogP contribution in [-0.2, 0) is 4.79 Å². The monoisotopic (exact) mass is 321 g/mol. The van der Waals surface area contributed by atoms with E-state index in [2.05, 4.69) is 4.74 Å². The molecule has 22 heavy (non-hydrogen) atoms. The number of likely N-dealkylation sites (tertiary alicyclic amines) is 1. The van der Waals surface area contributed by atoms with Crippen LogP contribution in [0.2, 0.25) is 0 Å². The van der Waals surface area contributed by atoms with Crippen LogP contribution in [0, 0.1) is 11.7 Å². The number of rotatable bonds is 3. The first-order chi connectivity index (χ1) is 10.2. The van der Waals surface area contributed by atoms with Crippen molar-refractivity contribution in [2.75, 3.05) is 20.1 Å². The minimum absolute atomic E-state index is 0.255. The molecule has 1 N–H and O–H groups in total. The summed E-state index contributed by atoms with van der Waals surface area (Å²) in [6, 6.07) is 3.24. The molecule has 1 aliphatic rings. The summed E-state index contributed by atoms with van der Waals surface area (Å²) < 4.78 is 53.6. The summed E-state index contributed by atoms with van der Waals surface area (Å²) in [4.78, 5) is 12.9. The van der Waals surface area contributed by atoms with Gasteiger partial charge in [-0.15, -0.1) is 13.2 Å². The number of aliphatic carboxylic acids is 1. The van der Waals surface area contributed by atoms with Crippen molar-refractivity contribution in [1.29, 1.82) is 0 Å². The van der Waals surface area contributed by atoms with Gasteiger partial charge in [-0.1, -0.05) is 6.07 Å². The molecule has 0 aliphatic carbocycles. The van der Waals surface area contributed by atoms with E-state index in [0.717, 1.165) is 12.1 Å². The third-order valence-corrected chi connectivity index (χ3v) is 3.64. The highest BCUT2D eigenvalue weighted by atomic mass is 19.4. The van der Waals surface area contributed by atoms with Crippen LogP contribution in [0.25, 0.3) is 0 Å². The van der Waals surface area contributed by atoms with Crippen molar-refractivity contribution in [3.63, 3.8) is 0 Å². The van der Waals surface area contributed by atoms with Gasteiger partial charge in [0.05, 0.1) is 5.92 Å². The number of carboxylic acids is 1. The first-order valence-electron chi connectivity index (χ1n) is 6.62. The zero-order chi connectivity index (χ0) is 16.5. The molecule has 0 radical (unpaired) electrons. The van der Waals surface area contributed by atoms with Gasteiger partial charge < -0.3 is 14.7 Å². The van der Waals surface area contributed by atoms with E-state index >= 15 is 0 Å². The molecule has 0 amide bonds. The van der Waals surface area contributed by atoms with E-state index in [1.165, 1.54) is 6.07 Å². The molecule has 1 aromatic carbocycles. The number of piperidine rings is 1. The van der Waals surface area contributed by atoms with Gasteiger partial charge in [0.1, 0.15) is 0 Å². The quantitative estimate of drug-likeness (QED) is 0.870. The third kappa shape index (κ3) is 4.09. The van der Waals surface area contributed by atoms with E-state index in [4.69, 9.17) is 5.11 Å². The van der Waals surface area contributed by atoms with Crippen molar-refractivity contribution >= 4 is 5.97 Å². The molecule has 1 fully saturated rings. The van der Waals surface area contributed by atoms with E-state index < -0.39 is 29.8 Å². The molecule has 2 unspecified atom stereocenters. The lowest BCUT2D eigenvalue weighted by Gasteiger charge is -2.34. The van der Waals surface area contributed by atoms with Crippen LogP contribution in [0.3, 0.4) is 0 Å². The molecule has 0 saturated carbocycles. The number of nitrogens with zero attached hydrogens (tertiary/aromatic N) is 1. The maximum Gasteiger partial charge on any atom is 0.573 e. The Bertz CT molecular complexity index is 562. The maximum absolute atomic E-state index is 13.7. The molecule has 2 atom stereocenters. The van der Waals surface area contributed by atoms with Crippen molar-refractivity contribution in [3.8, 4) is 5.75 Å². The predicted molar refractivity (Wildman–Crippen MR) is 69.1 cm³/mol. The summed E-state index contributed by atoms with van der Waals surface area (Å²) >= 11 is 0. The summed E-state index contributed by atoms with van der Waals surface area (Å²) in [5.74, 6) is -3.79. The van der Waals surface area contributed by atoms with E-state index in [-0.39, 0.29) is 5.92 Å². The minimum Gasteiger partial charge on any atom is -0.481 e. The number of likely N-dealkylation sites (N-methyl/N-ethyl adjacent to an activating group) is 1. The summed E-state index contributed by atoms with van der Waals surface area (Å²) in [6.45, 7) is 0.909. The Kier molecular flexibility index (Phi) is 4.60. The first kappa shape index (κ1) is 16.5. The van der Waals surface area contributed by atoms with E-state index in [1.807, 2.05) is 4.90 Å². The number of carbonyl (C=O) groups is 1. The molecule has 1 heterocycles. The van der Waals surface area contributed by atoms with Gasteiger partial charge in [0, 0.05) is 13.1 Å². The zero-order valence-electron chi connectivity index (χ0n) is 11.7. The Morgan fingerprint density at radius 3 is 2.59 bits per heavy atom. The molecule has 0 spiro atoms. The van der Waals surface area contributed by atoms with Gasteiger partial charge in [-0.2, -0.15) is 0 Å². The molecule has 2 rings (SSSR count). The molecule has 1 aliphatic heterocycles. The van der Waals surface area contributed by atoms with Crippen LogP contribution < -0.4 is 4.74 Å². The van der Waals surface area contributed by atoms with Gasteiger partial charge in [0.15, 0.2) is 11.6 Å². The molecular formula is C14H15F4NO3. The fraction of sp³-hybridized carbons (Fsp3) is 0.500. The highest BCUT2D eigenvalue weighted by Crippen LogP contribution is 2.33. The second kappa shape index (κ2) is 6.12. The van der Waals surface area contributed by atoms with Crippen LogP contribution in [-0.4, -0.2) is 42.5 Å². The number of alkyl halides is 3. The summed E-state index contributed by atoms with van der Waals surface area (Å²) in [5, 5.41) is 9.10. The van der Waals surface area contributed by atoms with Crippen molar-refractivity contribution in [1.82, 2.24) is 4.90 Å². The molecular weight excluding hydrogens is 306 g/mol. The summed E-state index contributed by atoms with van der Waals surface area (Å²) in [7, 11) is 1.75. The largest absolute Gasteiger partial charge is 0.573 e. The smallest absolute Gasteiger partial charge is 0.481 e. The molecule has 122 valence electrons. The van der Waals surface area contributed by atoms with Crippen LogP contribution in [0.5, 0.6) is 5.75 Å². The Morgan fingerprint density at radius 1 is 1.36 bits per heavy atom. The standard InChI is InChI=1S/C14H15F4NO3/c1-19-6-9(4-10(7-19)13(20)21)8-2-3-12(11(15)5-8)22-14(16,17)18/h2-3,5,9-10H,4,6-7H2,1H3,(H,20,21). The summed E-state index contributed by atoms with van der Waals surface area (Å²) in [5.41, 5.74) is 0.463. The van der Waals surface area contributed by atoms with Gasteiger partial charge in [0.25, 0.3) is 0 Å². The molecule has 8 heteroatoms.